The molecule has 30 heavy (non-hydrogen) atoms. The van der Waals surface area contributed by atoms with Gasteiger partial charge in [0.25, 0.3) is 11.6 Å². The Bertz CT molecular complexity index is 1020. The molecule has 1 amide bonds. The van der Waals surface area contributed by atoms with E-state index in [4.69, 9.17) is 9.47 Å². The quantitative estimate of drug-likeness (QED) is 0.600. The van der Waals surface area contributed by atoms with Crippen LogP contribution >= 0.6 is 0 Å². The van der Waals surface area contributed by atoms with Crippen LogP contribution in [0.1, 0.15) is 31.0 Å². The number of nitro groups is 1. The molecule has 2 aliphatic heterocycles. The number of hydrogen-bond donors (Lipinski definition) is 1. The number of fused-ring (bicyclic) bond motifs is 1. The van der Waals surface area contributed by atoms with E-state index in [-0.39, 0.29) is 18.1 Å². The van der Waals surface area contributed by atoms with Crippen LogP contribution in [0.4, 0.5) is 5.69 Å². The molecule has 0 fully saturated rings. The summed E-state index contributed by atoms with van der Waals surface area (Å²) >= 11 is 0. The number of nitrogens with zero attached hydrogens (tertiary/aromatic N) is 2. The third-order valence-corrected chi connectivity index (χ3v) is 5.40. The molecule has 0 bridgehead atoms. The largest absolute Gasteiger partial charge is 0.491 e. The molecule has 0 saturated heterocycles. The Kier molecular flexibility index (Phi) is 4.95. The number of nitro benzene ring substituents is 1. The Hall–Kier alpha value is -3.39. The normalized spacial score (nSPS) is 22.2. The van der Waals surface area contributed by atoms with Crippen LogP contribution in [0.25, 0.3) is 0 Å². The van der Waals surface area contributed by atoms with Gasteiger partial charge in [-0.2, -0.15) is 0 Å². The van der Waals surface area contributed by atoms with Crippen molar-refractivity contribution in [3.8, 4) is 5.75 Å². The van der Waals surface area contributed by atoms with Crippen molar-refractivity contribution in [3.05, 3.63) is 81.6 Å². The minimum absolute atomic E-state index is 0.130. The molecule has 156 valence electrons. The molecule has 0 radical (unpaired) electrons. The van der Waals surface area contributed by atoms with Gasteiger partial charge in [-0.3, -0.25) is 14.9 Å². The van der Waals surface area contributed by atoms with E-state index >= 15 is 0 Å². The van der Waals surface area contributed by atoms with Gasteiger partial charge in [0.05, 0.1) is 17.5 Å². The number of ether oxygens (including phenoxy) is 2. The van der Waals surface area contributed by atoms with Gasteiger partial charge in [0, 0.05) is 23.8 Å². The van der Waals surface area contributed by atoms with Crippen molar-refractivity contribution in [1.82, 2.24) is 4.90 Å². The van der Waals surface area contributed by atoms with E-state index in [1.165, 1.54) is 29.2 Å². The van der Waals surface area contributed by atoms with E-state index in [0.29, 0.717) is 23.7 Å². The van der Waals surface area contributed by atoms with Crippen LogP contribution in [0.3, 0.4) is 0 Å². The molecule has 2 aromatic rings. The molecular weight excluding hydrogens is 388 g/mol. The van der Waals surface area contributed by atoms with Gasteiger partial charge in [0.15, 0.2) is 0 Å². The van der Waals surface area contributed by atoms with Crippen molar-refractivity contribution < 1.29 is 24.3 Å². The van der Waals surface area contributed by atoms with E-state index in [1.807, 2.05) is 30.3 Å². The fourth-order valence-electron chi connectivity index (χ4n) is 3.79. The highest BCUT2D eigenvalue weighted by atomic mass is 16.6. The van der Waals surface area contributed by atoms with Gasteiger partial charge in [-0.05, 0) is 25.5 Å². The second kappa shape index (κ2) is 7.46. The van der Waals surface area contributed by atoms with Crippen molar-refractivity contribution in [2.75, 3.05) is 6.54 Å². The predicted molar refractivity (Wildman–Crippen MR) is 108 cm³/mol. The van der Waals surface area contributed by atoms with Crippen molar-refractivity contribution >= 4 is 11.6 Å². The SMILES string of the molecule is CC1(C)Oc2ccc([N+](=O)[O-])cc2[C@H](N2CC(OCc3ccccc3)=CC2=O)[C@H]1O. The Morgan fingerprint density at radius 1 is 1.27 bits per heavy atom. The molecule has 0 spiro atoms. The lowest BCUT2D eigenvalue weighted by Crippen LogP contribution is -2.54. The summed E-state index contributed by atoms with van der Waals surface area (Å²) in [5, 5.41) is 22.2. The number of aliphatic hydroxyl groups excluding tert-OH is 1. The lowest BCUT2D eigenvalue weighted by atomic mass is 9.85. The Morgan fingerprint density at radius 2 is 2.00 bits per heavy atom. The van der Waals surface area contributed by atoms with Gasteiger partial charge in [0.2, 0.25) is 0 Å². The second-order valence-corrected chi connectivity index (χ2v) is 7.93. The smallest absolute Gasteiger partial charge is 0.270 e. The number of amides is 1. The average molecular weight is 410 g/mol. The lowest BCUT2D eigenvalue weighted by molar-refractivity contribution is -0.385. The molecule has 2 heterocycles. The molecule has 0 aromatic heterocycles. The number of benzene rings is 2. The maximum absolute atomic E-state index is 12.8. The van der Waals surface area contributed by atoms with E-state index in [9.17, 15) is 20.0 Å². The van der Waals surface area contributed by atoms with Gasteiger partial charge in [-0.1, -0.05) is 30.3 Å². The van der Waals surface area contributed by atoms with Crippen LogP contribution in [-0.2, 0) is 16.1 Å². The van der Waals surface area contributed by atoms with Crippen LogP contribution < -0.4 is 4.74 Å². The minimum atomic E-state index is -1.09. The van der Waals surface area contributed by atoms with E-state index in [1.54, 1.807) is 13.8 Å². The predicted octanol–water partition coefficient (Wildman–Crippen LogP) is 3.11. The standard InChI is InChI=1S/C22H22N2O6/c1-22(2)21(26)20(17-10-15(24(27)28)8-9-18(17)30-22)23-12-16(11-19(23)25)29-13-14-6-4-3-5-7-14/h3-11,20-21,26H,12-13H2,1-2H3/t20-,21+/m0/s1. The summed E-state index contributed by atoms with van der Waals surface area (Å²) in [6.07, 6.45) is 0.313. The number of carbonyl (C=O) groups is 1. The van der Waals surface area contributed by atoms with Crippen molar-refractivity contribution in [2.45, 2.75) is 38.2 Å². The first-order valence-electron chi connectivity index (χ1n) is 9.59. The summed E-state index contributed by atoms with van der Waals surface area (Å²) in [4.78, 5) is 25.0. The molecule has 0 aliphatic carbocycles. The number of rotatable bonds is 5. The molecule has 0 saturated carbocycles. The maximum Gasteiger partial charge on any atom is 0.270 e. The first kappa shape index (κ1) is 19.9. The fraction of sp³-hybridized carbons (Fsp3) is 0.318. The fourth-order valence-corrected chi connectivity index (χ4v) is 3.79. The zero-order chi connectivity index (χ0) is 21.5. The third-order valence-electron chi connectivity index (χ3n) is 5.40. The van der Waals surface area contributed by atoms with E-state index in [0.717, 1.165) is 5.56 Å². The summed E-state index contributed by atoms with van der Waals surface area (Å²) in [6.45, 7) is 3.91. The molecule has 1 N–H and O–H groups in total. The van der Waals surface area contributed by atoms with Crippen LogP contribution in [0.2, 0.25) is 0 Å². The Labute approximate surface area is 173 Å². The van der Waals surface area contributed by atoms with E-state index < -0.39 is 22.7 Å². The average Bonchev–Trinajstić information content (AvgIpc) is 3.08. The zero-order valence-corrected chi connectivity index (χ0v) is 16.6. The second-order valence-electron chi connectivity index (χ2n) is 7.93. The molecule has 8 nitrogen and oxygen atoms in total. The lowest BCUT2D eigenvalue weighted by Gasteiger charge is -2.45. The van der Waals surface area contributed by atoms with Gasteiger partial charge < -0.3 is 19.5 Å². The number of hydrogen-bond acceptors (Lipinski definition) is 6. The van der Waals surface area contributed by atoms with Gasteiger partial charge >= 0.3 is 0 Å². The first-order valence-corrected chi connectivity index (χ1v) is 9.59. The summed E-state index contributed by atoms with van der Waals surface area (Å²) in [7, 11) is 0. The van der Waals surface area contributed by atoms with Crippen LogP contribution in [0.15, 0.2) is 60.4 Å². The van der Waals surface area contributed by atoms with Crippen molar-refractivity contribution in [2.24, 2.45) is 0 Å². The minimum Gasteiger partial charge on any atom is -0.491 e. The number of non-ortho nitro benzene ring substituents is 1. The van der Waals surface area contributed by atoms with Crippen molar-refractivity contribution in [3.63, 3.8) is 0 Å². The van der Waals surface area contributed by atoms with Crippen LogP contribution in [-0.4, -0.2) is 39.1 Å². The van der Waals surface area contributed by atoms with Crippen LogP contribution in [0.5, 0.6) is 5.75 Å². The highest BCUT2D eigenvalue weighted by molar-refractivity contribution is 5.91. The molecule has 2 atom stereocenters. The van der Waals surface area contributed by atoms with Gasteiger partial charge in [-0.25, -0.2) is 0 Å². The highest BCUT2D eigenvalue weighted by Crippen LogP contribution is 2.45. The molecule has 4 rings (SSSR count). The molecule has 2 aliphatic rings. The summed E-state index contributed by atoms with van der Waals surface area (Å²) in [6, 6.07) is 13.0. The van der Waals surface area contributed by atoms with Gasteiger partial charge in [0.1, 0.15) is 29.8 Å². The molecule has 0 unspecified atom stereocenters. The molecular formula is C22H22N2O6. The number of aliphatic hydroxyl groups is 1. The molecule has 2 aromatic carbocycles. The maximum atomic E-state index is 12.8. The molecule has 8 heteroatoms. The van der Waals surface area contributed by atoms with Gasteiger partial charge in [-0.15, -0.1) is 0 Å². The topological polar surface area (TPSA) is 102 Å². The highest BCUT2D eigenvalue weighted by Gasteiger charge is 2.48. The van der Waals surface area contributed by atoms with Crippen molar-refractivity contribution in [1.29, 1.82) is 0 Å². The third kappa shape index (κ3) is 3.61. The van der Waals surface area contributed by atoms with E-state index in [2.05, 4.69) is 0 Å². The Balaban J connectivity index is 1.60. The monoisotopic (exact) mass is 410 g/mol. The summed E-state index contributed by atoms with van der Waals surface area (Å²) < 4.78 is 11.7. The summed E-state index contributed by atoms with van der Waals surface area (Å²) in [5.74, 6) is 0.567. The number of carbonyl (C=O) groups excluding carboxylic acids is 1. The van der Waals surface area contributed by atoms with Crippen LogP contribution in [0, 0.1) is 10.1 Å². The zero-order valence-electron chi connectivity index (χ0n) is 16.6. The Morgan fingerprint density at radius 3 is 2.70 bits per heavy atom. The first-order chi connectivity index (χ1) is 14.3. The summed E-state index contributed by atoms with van der Waals surface area (Å²) in [5.41, 5.74) is 0.260.